The van der Waals surface area contributed by atoms with Crippen LogP contribution in [0.25, 0.3) is 0 Å². The van der Waals surface area contributed by atoms with Crippen LogP contribution in [0, 0.1) is 0 Å². The summed E-state index contributed by atoms with van der Waals surface area (Å²) >= 11 is 0. The van der Waals surface area contributed by atoms with Crippen LogP contribution in [-0.2, 0) is 0 Å². The highest BCUT2D eigenvalue weighted by Crippen LogP contribution is 2.25. The van der Waals surface area contributed by atoms with Crippen LogP contribution in [0.4, 0.5) is 0 Å². The third kappa shape index (κ3) is 3.28. The number of likely N-dealkylation sites (tertiary alicyclic amines) is 1. The lowest BCUT2D eigenvalue weighted by Gasteiger charge is -2.36. The number of aliphatic hydroxyl groups is 2. The van der Waals surface area contributed by atoms with Gasteiger partial charge in [0.15, 0.2) is 0 Å². The van der Waals surface area contributed by atoms with Crippen molar-refractivity contribution < 1.29 is 10.2 Å². The standard InChI is InChI=1S/C14H21NO2/c1-15-10-13(16)8-7-12(15)9-14(17)11-5-3-2-4-6-11/h2-6,12-14,16-17H,7-10H2,1H3/t12-,13-,14+/m1/s1. The first-order valence-corrected chi connectivity index (χ1v) is 6.28. The van der Waals surface area contributed by atoms with Gasteiger partial charge in [0.2, 0.25) is 0 Å². The smallest absolute Gasteiger partial charge is 0.0805 e. The van der Waals surface area contributed by atoms with E-state index in [1.54, 1.807) is 0 Å². The molecule has 1 aromatic carbocycles. The van der Waals surface area contributed by atoms with Crippen molar-refractivity contribution >= 4 is 0 Å². The molecule has 0 aliphatic carbocycles. The Morgan fingerprint density at radius 3 is 2.65 bits per heavy atom. The molecule has 0 radical (unpaired) electrons. The van der Waals surface area contributed by atoms with Gasteiger partial charge in [-0.2, -0.15) is 0 Å². The number of aliphatic hydroxyl groups excluding tert-OH is 2. The number of benzene rings is 1. The Balaban J connectivity index is 1.93. The van der Waals surface area contributed by atoms with E-state index in [-0.39, 0.29) is 6.10 Å². The van der Waals surface area contributed by atoms with Crippen LogP contribution in [0.15, 0.2) is 30.3 Å². The van der Waals surface area contributed by atoms with Crippen molar-refractivity contribution in [2.45, 2.75) is 37.5 Å². The molecule has 0 aromatic heterocycles. The van der Waals surface area contributed by atoms with Crippen molar-refractivity contribution in [3.05, 3.63) is 35.9 Å². The summed E-state index contributed by atoms with van der Waals surface area (Å²) < 4.78 is 0. The summed E-state index contributed by atoms with van der Waals surface area (Å²) in [6.45, 7) is 0.714. The predicted octanol–water partition coefficient (Wildman–Crippen LogP) is 1.57. The maximum Gasteiger partial charge on any atom is 0.0805 e. The first kappa shape index (κ1) is 12.6. The maximum atomic E-state index is 10.2. The first-order chi connectivity index (χ1) is 8.16. The van der Waals surface area contributed by atoms with Crippen LogP contribution in [0.1, 0.15) is 30.9 Å². The molecular formula is C14H21NO2. The highest BCUT2D eigenvalue weighted by atomic mass is 16.3. The summed E-state index contributed by atoms with van der Waals surface area (Å²) in [6.07, 6.45) is 1.94. The summed E-state index contributed by atoms with van der Waals surface area (Å²) in [6, 6.07) is 10.2. The van der Waals surface area contributed by atoms with Crippen molar-refractivity contribution in [2.75, 3.05) is 13.6 Å². The Hall–Kier alpha value is -0.900. The molecule has 0 bridgehead atoms. The summed E-state index contributed by atoms with van der Waals surface area (Å²) in [5.41, 5.74) is 0.979. The molecule has 2 N–H and O–H groups in total. The van der Waals surface area contributed by atoms with Gasteiger partial charge in [-0.25, -0.2) is 0 Å². The Morgan fingerprint density at radius 1 is 1.29 bits per heavy atom. The molecule has 1 aliphatic rings. The van der Waals surface area contributed by atoms with E-state index in [4.69, 9.17) is 0 Å². The Morgan fingerprint density at radius 2 is 2.00 bits per heavy atom. The van der Waals surface area contributed by atoms with Gasteiger partial charge in [-0.05, 0) is 31.9 Å². The zero-order valence-electron chi connectivity index (χ0n) is 10.3. The Labute approximate surface area is 103 Å². The topological polar surface area (TPSA) is 43.7 Å². The monoisotopic (exact) mass is 235 g/mol. The lowest BCUT2D eigenvalue weighted by Crippen LogP contribution is -2.43. The second-order valence-electron chi connectivity index (χ2n) is 4.99. The number of hydrogen-bond donors (Lipinski definition) is 2. The third-order valence-electron chi connectivity index (χ3n) is 3.63. The fraction of sp³-hybridized carbons (Fsp3) is 0.571. The third-order valence-corrected chi connectivity index (χ3v) is 3.63. The average Bonchev–Trinajstić information content (AvgIpc) is 2.34. The molecule has 94 valence electrons. The summed E-state index contributed by atoms with van der Waals surface area (Å²) in [5, 5.41) is 19.7. The molecule has 2 rings (SSSR count). The second-order valence-corrected chi connectivity index (χ2v) is 4.99. The molecule has 1 saturated heterocycles. The van der Waals surface area contributed by atoms with Gasteiger partial charge in [0, 0.05) is 12.6 Å². The molecule has 0 spiro atoms. The highest BCUT2D eigenvalue weighted by molar-refractivity contribution is 5.17. The van der Waals surface area contributed by atoms with Gasteiger partial charge in [-0.3, -0.25) is 0 Å². The molecule has 3 heteroatoms. The van der Waals surface area contributed by atoms with Gasteiger partial charge in [0.25, 0.3) is 0 Å². The summed E-state index contributed by atoms with van der Waals surface area (Å²) in [5.74, 6) is 0. The molecule has 17 heavy (non-hydrogen) atoms. The Kier molecular flexibility index (Phi) is 4.15. The first-order valence-electron chi connectivity index (χ1n) is 6.28. The molecule has 3 atom stereocenters. The van der Waals surface area contributed by atoms with Gasteiger partial charge in [0.05, 0.1) is 12.2 Å². The van der Waals surface area contributed by atoms with Gasteiger partial charge in [-0.1, -0.05) is 30.3 Å². The fourth-order valence-electron chi connectivity index (χ4n) is 2.54. The van der Waals surface area contributed by atoms with E-state index in [1.807, 2.05) is 37.4 Å². The van der Waals surface area contributed by atoms with Crippen LogP contribution in [0.2, 0.25) is 0 Å². The van der Waals surface area contributed by atoms with Gasteiger partial charge < -0.3 is 15.1 Å². The quantitative estimate of drug-likeness (QED) is 0.835. The van der Waals surface area contributed by atoms with Crippen molar-refractivity contribution in [3.63, 3.8) is 0 Å². The highest BCUT2D eigenvalue weighted by Gasteiger charge is 2.26. The van der Waals surface area contributed by atoms with Crippen LogP contribution in [-0.4, -0.2) is 40.9 Å². The molecule has 1 aliphatic heterocycles. The molecule has 0 amide bonds. The number of β-amino-alcohol motifs (C(OH)–C–C–N with tert-alkyl or cyclic N) is 1. The number of rotatable bonds is 3. The molecule has 1 heterocycles. The maximum absolute atomic E-state index is 10.2. The van der Waals surface area contributed by atoms with Crippen molar-refractivity contribution in [3.8, 4) is 0 Å². The lowest BCUT2D eigenvalue weighted by atomic mass is 9.93. The minimum atomic E-state index is -0.404. The van der Waals surface area contributed by atoms with E-state index in [0.717, 1.165) is 24.8 Å². The molecule has 0 saturated carbocycles. The van der Waals surface area contributed by atoms with Crippen molar-refractivity contribution in [1.29, 1.82) is 0 Å². The minimum absolute atomic E-state index is 0.204. The molecule has 1 aromatic rings. The van der Waals surface area contributed by atoms with Crippen LogP contribution < -0.4 is 0 Å². The van der Waals surface area contributed by atoms with Gasteiger partial charge in [0.1, 0.15) is 0 Å². The van der Waals surface area contributed by atoms with Crippen LogP contribution in [0.5, 0.6) is 0 Å². The molecule has 1 fully saturated rings. The van der Waals surface area contributed by atoms with Crippen LogP contribution in [0.3, 0.4) is 0 Å². The van der Waals surface area contributed by atoms with Gasteiger partial charge in [-0.15, -0.1) is 0 Å². The predicted molar refractivity (Wildman–Crippen MR) is 67.7 cm³/mol. The number of likely N-dealkylation sites (N-methyl/N-ethyl adjacent to an activating group) is 1. The second kappa shape index (κ2) is 5.63. The SMILES string of the molecule is CN1C[C@H](O)CC[C@@H]1C[C@H](O)c1ccccc1. The lowest BCUT2D eigenvalue weighted by molar-refractivity contribution is 0.0280. The molecular weight excluding hydrogens is 214 g/mol. The minimum Gasteiger partial charge on any atom is -0.392 e. The fourth-order valence-corrected chi connectivity index (χ4v) is 2.54. The summed E-state index contributed by atoms with van der Waals surface area (Å²) in [4.78, 5) is 2.15. The van der Waals surface area contributed by atoms with Gasteiger partial charge >= 0.3 is 0 Å². The van der Waals surface area contributed by atoms with E-state index in [0.29, 0.717) is 12.6 Å². The van der Waals surface area contributed by atoms with Crippen molar-refractivity contribution in [2.24, 2.45) is 0 Å². The van der Waals surface area contributed by atoms with E-state index in [1.165, 1.54) is 0 Å². The largest absolute Gasteiger partial charge is 0.392 e. The molecule has 3 nitrogen and oxygen atoms in total. The number of hydrogen-bond acceptors (Lipinski definition) is 3. The van der Waals surface area contributed by atoms with Crippen molar-refractivity contribution in [1.82, 2.24) is 4.90 Å². The van der Waals surface area contributed by atoms with Crippen LogP contribution >= 0.6 is 0 Å². The number of nitrogens with zero attached hydrogens (tertiary/aromatic N) is 1. The van der Waals surface area contributed by atoms with E-state index in [9.17, 15) is 10.2 Å². The average molecular weight is 235 g/mol. The number of piperidine rings is 1. The zero-order chi connectivity index (χ0) is 12.3. The van der Waals surface area contributed by atoms with E-state index in [2.05, 4.69) is 4.90 Å². The zero-order valence-corrected chi connectivity index (χ0v) is 10.3. The van der Waals surface area contributed by atoms with E-state index >= 15 is 0 Å². The van der Waals surface area contributed by atoms with E-state index < -0.39 is 6.10 Å². The molecule has 0 unspecified atom stereocenters. The summed E-state index contributed by atoms with van der Waals surface area (Å²) in [7, 11) is 2.02. The normalized spacial score (nSPS) is 27.9. The Bertz CT molecular complexity index is 341.